The van der Waals surface area contributed by atoms with E-state index in [1.165, 1.54) is 0 Å². The number of aromatic nitrogens is 4. The van der Waals surface area contributed by atoms with Crippen LogP contribution in [0.25, 0.3) is 11.4 Å². The quantitative estimate of drug-likeness (QED) is 0.356. The van der Waals surface area contributed by atoms with Gasteiger partial charge in [0, 0.05) is 14.1 Å². The first-order valence-electron chi connectivity index (χ1n) is 8.87. The van der Waals surface area contributed by atoms with Crippen LogP contribution in [-0.4, -0.2) is 18.7 Å². The molecule has 29 heavy (non-hydrogen) atoms. The van der Waals surface area contributed by atoms with Gasteiger partial charge >= 0.3 is 19.5 Å². The standard InChI is InChI=1S/2C11H11N2O.Zn/c2*1-9-8-11(14)13(12(9)2)10-6-4-3-5-7-10;/h2*3-7H,1-2H3;/q2*-1;+2. The Kier molecular flexibility index (Phi) is 7.35. The summed E-state index contributed by atoms with van der Waals surface area (Å²) in [6, 6.07) is 24.6. The second kappa shape index (κ2) is 9.52. The molecular weight excluding hydrogens is 418 g/mol. The average Bonchev–Trinajstić information content (AvgIpc) is 3.10. The largest absolute Gasteiger partial charge is 2.00 e. The van der Waals surface area contributed by atoms with E-state index in [-0.39, 0.29) is 30.6 Å². The summed E-state index contributed by atoms with van der Waals surface area (Å²) >= 11 is 0. The zero-order valence-electron chi connectivity index (χ0n) is 17.1. The summed E-state index contributed by atoms with van der Waals surface area (Å²) in [4.78, 5) is 23.1. The number of benzene rings is 2. The Morgan fingerprint density at radius 1 is 0.621 bits per heavy atom. The van der Waals surface area contributed by atoms with Gasteiger partial charge in [-0.1, -0.05) is 50.2 Å². The van der Waals surface area contributed by atoms with E-state index in [1.54, 1.807) is 18.7 Å². The van der Waals surface area contributed by atoms with Crippen molar-refractivity contribution in [2.45, 2.75) is 13.8 Å². The molecule has 4 rings (SSSR count). The number of aryl methyl sites for hydroxylation is 2. The molecule has 0 N–H and O–H groups in total. The molecule has 0 radical (unpaired) electrons. The Morgan fingerprint density at radius 2 is 0.931 bits per heavy atom. The van der Waals surface area contributed by atoms with Crippen LogP contribution in [-0.2, 0) is 33.6 Å². The van der Waals surface area contributed by atoms with E-state index in [4.69, 9.17) is 0 Å². The van der Waals surface area contributed by atoms with Gasteiger partial charge in [-0.2, -0.15) is 0 Å². The van der Waals surface area contributed by atoms with E-state index < -0.39 is 0 Å². The summed E-state index contributed by atoms with van der Waals surface area (Å²) < 4.78 is 6.76. The summed E-state index contributed by atoms with van der Waals surface area (Å²) in [5, 5.41) is 0. The van der Waals surface area contributed by atoms with Gasteiger partial charge in [0.1, 0.15) is 0 Å². The van der Waals surface area contributed by atoms with Crippen LogP contribution in [0.3, 0.4) is 0 Å². The molecule has 0 atom stereocenters. The fraction of sp³-hybridized carbons (Fsp3) is 0.182. The van der Waals surface area contributed by atoms with Gasteiger partial charge in [-0.05, 0) is 24.3 Å². The SMILES string of the molecule is Cc1[c-]c(=O)n(-c2ccccc2)n1C.Cc1[c-]c(=O)n(-c2ccccc2)n1C.[Zn+2]. The molecule has 2 aromatic heterocycles. The normalized spacial score (nSPS) is 10.1. The molecule has 0 spiro atoms. The maximum atomic E-state index is 11.5. The van der Waals surface area contributed by atoms with E-state index in [2.05, 4.69) is 12.1 Å². The summed E-state index contributed by atoms with van der Waals surface area (Å²) in [6.07, 6.45) is 0. The first kappa shape index (κ1) is 22.4. The van der Waals surface area contributed by atoms with Crippen LogP contribution in [0.5, 0.6) is 0 Å². The van der Waals surface area contributed by atoms with Gasteiger partial charge in [0.2, 0.25) is 0 Å². The first-order valence-corrected chi connectivity index (χ1v) is 8.87. The van der Waals surface area contributed by atoms with Gasteiger partial charge in [-0.15, -0.1) is 11.4 Å². The van der Waals surface area contributed by atoms with Crippen molar-refractivity contribution in [3.63, 3.8) is 0 Å². The molecule has 6 nitrogen and oxygen atoms in total. The molecule has 0 aliphatic carbocycles. The van der Waals surface area contributed by atoms with Gasteiger partial charge in [0.25, 0.3) is 0 Å². The third-order valence-electron chi connectivity index (χ3n) is 4.53. The zero-order valence-corrected chi connectivity index (χ0v) is 20.1. The molecule has 0 amide bonds. The molecule has 144 valence electrons. The molecule has 0 bridgehead atoms. The van der Waals surface area contributed by atoms with Crippen molar-refractivity contribution < 1.29 is 19.5 Å². The van der Waals surface area contributed by atoms with E-state index in [0.29, 0.717) is 0 Å². The van der Waals surface area contributed by atoms with E-state index in [9.17, 15) is 9.59 Å². The monoisotopic (exact) mass is 438 g/mol. The smallest absolute Gasteiger partial charge is 0.380 e. The fourth-order valence-electron chi connectivity index (χ4n) is 2.87. The van der Waals surface area contributed by atoms with Crippen molar-refractivity contribution in [1.29, 1.82) is 0 Å². The number of para-hydroxylation sites is 2. The Balaban J connectivity index is 0.000000200. The van der Waals surface area contributed by atoms with E-state index >= 15 is 0 Å². The molecule has 2 aromatic carbocycles. The van der Waals surface area contributed by atoms with Crippen LogP contribution in [0.15, 0.2) is 70.3 Å². The Labute approximate surface area is 182 Å². The molecule has 0 saturated heterocycles. The van der Waals surface area contributed by atoms with Gasteiger partial charge in [0.15, 0.2) is 0 Å². The van der Waals surface area contributed by atoms with Crippen molar-refractivity contribution in [2.75, 3.05) is 0 Å². The topological polar surface area (TPSA) is 53.9 Å². The van der Waals surface area contributed by atoms with Gasteiger partial charge in [-0.25, -0.2) is 0 Å². The van der Waals surface area contributed by atoms with Crippen LogP contribution in [0.1, 0.15) is 11.4 Å². The third kappa shape index (κ3) is 4.74. The van der Waals surface area contributed by atoms with E-state index in [1.807, 2.05) is 88.6 Å². The average molecular weight is 440 g/mol. The molecular formula is C22H22N4O2Zn. The minimum atomic E-state index is -0.115. The summed E-state index contributed by atoms with van der Waals surface area (Å²) in [6.45, 7) is 3.72. The molecule has 7 heteroatoms. The Hall–Kier alpha value is -2.92. The van der Waals surface area contributed by atoms with Crippen molar-refractivity contribution in [3.8, 4) is 11.4 Å². The number of hydrogen-bond donors (Lipinski definition) is 0. The van der Waals surface area contributed by atoms with Gasteiger partial charge in [0.05, 0.1) is 22.5 Å². The molecule has 0 aliphatic heterocycles. The Morgan fingerprint density at radius 3 is 1.17 bits per heavy atom. The minimum Gasteiger partial charge on any atom is -0.380 e. The van der Waals surface area contributed by atoms with Crippen LogP contribution in [0.2, 0.25) is 0 Å². The summed E-state index contributed by atoms with van der Waals surface area (Å²) in [7, 11) is 3.69. The second-order valence-electron chi connectivity index (χ2n) is 6.37. The predicted molar refractivity (Wildman–Crippen MR) is 109 cm³/mol. The van der Waals surface area contributed by atoms with Gasteiger partial charge in [-0.3, -0.25) is 9.36 Å². The van der Waals surface area contributed by atoms with Crippen LogP contribution >= 0.6 is 0 Å². The maximum absolute atomic E-state index is 11.5. The zero-order chi connectivity index (χ0) is 20.3. The number of nitrogens with zero attached hydrogens (tertiary/aromatic N) is 4. The summed E-state index contributed by atoms with van der Waals surface area (Å²) in [5.74, 6) is 0. The van der Waals surface area contributed by atoms with E-state index in [0.717, 1.165) is 22.8 Å². The van der Waals surface area contributed by atoms with Crippen LogP contribution in [0.4, 0.5) is 0 Å². The third-order valence-corrected chi connectivity index (χ3v) is 4.53. The van der Waals surface area contributed by atoms with Crippen molar-refractivity contribution >= 4 is 0 Å². The molecule has 4 aromatic rings. The molecule has 2 heterocycles. The van der Waals surface area contributed by atoms with Crippen LogP contribution < -0.4 is 11.1 Å². The summed E-state index contributed by atoms with van der Waals surface area (Å²) in [5.41, 5.74) is 3.17. The fourth-order valence-corrected chi connectivity index (χ4v) is 2.87. The number of rotatable bonds is 2. The van der Waals surface area contributed by atoms with Crippen molar-refractivity contribution in [2.24, 2.45) is 14.1 Å². The van der Waals surface area contributed by atoms with Gasteiger partial charge < -0.3 is 31.1 Å². The molecule has 0 unspecified atom stereocenters. The van der Waals surface area contributed by atoms with Crippen LogP contribution in [0, 0.1) is 26.0 Å². The molecule has 0 aliphatic rings. The second-order valence-corrected chi connectivity index (χ2v) is 6.37. The van der Waals surface area contributed by atoms with Crippen molar-refractivity contribution in [1.82, 2.24) is 18.7 Å². The number of hydrogen-bond acceptors (Lipinski definition) is 2. The first-order chi connectivity index (χ1) is 13.4. The molecule has 0 fully saturated rings. The predicted octanol–water partition coefficient (Wildman–Crippen LogP) is 2.57. The van der Waals surface area contributed by atoms with Crippen molar-refractivity contribution in [3.05, 3.63) is 105 Å². The molecule has 0 saturated carbocycles. The minimum absolute atomic E-state index is 0. The Bertz CT molecular complexity index is 1090. The maximum Gasteiger partial charge on any atom is 2.00 e.